The van der Waals surface area contributed by atoms with E-state index in [9.17, 15) is 17.6 Å². The Hall–Kier alpha value is -2.97. The molecule has 0 fully saturated rings. The number of sulfonamides is 1. The molecule has 30 heavy (non-hydrogen) atoms. The summed E-state index contributed by atoms with van der Waals surface area (Å²) in [6.45, 7) is 2.03. The summed E-state index contributed by atoms with van der Waals surface area (Å²) in [4.78, 5) is 13.0. The third kappa shape index (κ3) is 4.01. The number of carbonyl (C=O) groups excluding carboxylic acids is 1. The fraction of sp³-hybridized carbons (Fsp3) is 0.227. The standard InChI is InChI=1S/C22H21FN2O4S/c1-15-6-9-19(29-15)13-24-22(26)21-12-16-4-2-3-5-17(16)14-25(21)30(27,28)20-10-7-18(23)8-11-20/h2-11,21H,12-14H2,1H3,(H,24,26). The van der Waals surface area contributed by atoms with E-state index >= 15 is 0 Å². The largest absolute Gasteiger partial charge is 0.465 e. The number of halogens is 1. The Bertz CT molecular complexity index is 1170. The van der Waals surface area contributed by atoms with Crippen molar-refractivity contribution in [3.63, 3.8) is 0 Å². The quantitative estimate of drug-likeness (QED) is 0.677. The molecule has 156 valence electrons. The maximum atomic E-state index is 13.3. The number of fused-ring (bicyclic) bond motifs is 1. The van der Waals surface area contributed by atoms with Crippen molar-refractivity contribution in [1.29, 1.82) is 0 Å². The topological polar surface area (TPSA) is 79.6 Å². The molecule has 1 aliphatic rings. The van der Waals surface area contributed by atoms with Crippen molar-refractivity contribution in [1.82, 2.24) is 9.62 Å². The number of furan rings is 1. The summed E-state index contributed by atoms with van der Waals surface area (Å²) in [6, 6.07) is 14.7. The van der Waals surface area contributed by atoms with Crippen LogP contribution in [0.4, 0.5) is 4.39 Å². The van der Waals surface area contributed by atoms with Crippen molar-refractivity contribution < 1.29 is 22.0 Å². The first-order valence-electron chi connectivity index (χ1n) is 9.52. The molecule has 0 spiro atoms. The van der Waals surface area contributed by atoms with Gasteiger partial charge in [0.2, 0.25) is 15.9 Å². The number of hydrogen-bond acceptors (Lipinski definition) is 4. The molecule has 3 aromatic rings. The second-order valence-electron chi connectivity index (χ2n) is 7.22. The highest BCUT2D eigenvalue weighted by Gasteiger charge is 2.39. The zero-order valence-corrected chi connectivity index (χ0v) is 17.2. The molecule has 1 amide bonds. The summed E-state index contributed by atoms with van der Waals surface area (Å²) in [7, 11) is -4.01. The first-order chi connectivity index (χ1) is 14.3. The first kappa shape index (κ1) is 20.3. The Morgan fingerprint density at radius 2 is 1.80 bits per heavy atom. The summed E-state index contributed by atoms with van der Waals surface area (Å²) in [5.74, 6) is 0.376. The maximum Gasteiger partial charge on any atom is 0.244 e. The molecule has 0 aliphatic carbocycles. The molecular weight excluding hydrogens is 407 g/mol. The number of carbonyl (C=O) groups is 1. The number of rotatable bonds is 5. The third-order valence-electron chi connectivity index (χ3n) is 5.16. The van der Waals surface area contributed by atoms with Crippen LogP contribution in [0.25, 0.3) is 0 Å². The van der Waals surface area contributed by atoms with Crippen molar-refractivity contribution in [3.05, 3.63) is 89.1 Å². The molecule has 0 radical (unpaired) electrons. The monoisotopic (exact) mass is 428 g/mol. The van der Waals surface area contributed by atoms with Gasteiger partial charge in [-0.15, -0.1) is 0 Å². The molecule has 1 aromatic heterocycles. The van der Waals surface area contributed by atoms with Crippen LogP contribution in [-0.2, 0) is 34.3 Å². The van der Waals surface area contributed by atoms with Gasteiger partial charge in [-0.2, -0.15) is 4.31 Å². The van der Waals surface area contributed by atoms with Gasteiger partial charge in [-0.1, -0.05) is 24.3 Å². The number of benzene rings is 2. The molecule has 2 aromatic carbocycles. The molecule has 0 bridgehead atoms. The average molecular weight is 428 g/mol. The Balaban J connectivity index is 1.64. The SMILES string of the molecule is Cc1ccc(CNC(=O)C2Cc3ccccc3CN2S(=O)(=O)c2ccc(F)cc2)o1. The summed E-state index contributed by atoms with van der Waals surface area (Å²) in [6.07, 6.45) is 0.250. The molecular formula is C22H21FN2O4S. The number of amides is 1. The number of nitrogens with one attached hydrogen (secondary N) is 1. The predicted molar refractivity (Wildman–Crippen MR) is 108 cm³/mol. The van der Waals surface area contributed by atoms with Crippen LogP contribution < -0.4 is 5.32 Å². The Morgan fingerprint density at radius 3 is 2.47 bits per heavy atom. The van der Waals surface area contributed by atoms with E-state index < -0.39 is 27.8 Å². The first-order valence-corrected chi connectivity index (χ1v) is 11.0. The van der Waals surface area contributed by atoms with E-state index in [1.807, 2.05) is 24.3 Å². The average Bonchev–Trinajstić information content (AvgIpc) is 3.16. The lowest BCUT2D eigenvalue weighted by Gasteiger charge is -2.35. The highest BCUT2D eigenvalue weighted by Crippen LogP contribution is 2.29. The molecule has 1 aliphatic heterocycles. The number of nitrogens with zero attached hydrogens (tertiary/aromatic N) is 1. The molecule has 0 saturated carbocycles. The maximum absolute atomic E-state index is 13.3. The molecule has 6 nitrogen and oxygen atoms in total. The minimum absolute atomic E-state index is 0.0530. The van der Waals surface area contributed by atoms with Gasteiger partial charge in [-0.3, -0.25) is 4.79 Å². The van der Waals surface area contributed by atoms with E-state index in [0.717, 1.165) is 29.0 Å². The van der Waals surface area contributed by atoms with Crippen molar-refractivity contribution in [3.8, 4) is 0 Å². The summed E-state index contributed by atoms with van der Waals surface area (Å²) >= 11 is 0. The highest BCUT2D eigenvalue weighted by atomic mass is 32.2. The van der Waals surface area contributed by atoms with E-state index in [0.29, 0.717) is 5.76 Å². The lowest BCUT2D eigenvalue weighted by atomic mass is 9.95. The van der Waals surface area contributed by atoms with Crippen molar-refractivity contribution in [2.24, 2.45) is 0 Å². The summed E-state index contributed by atoms with van der Waals surface area (Å²) in [5.41, 5.74) is 1.77. The van der Waals surface area contributed by atoms with Crippen molar-refractivity contribution in [2.45, 2.75) is 37.4 Å². The van der Waals surface area contributed by atoms with Gasteiger partial charge in [0.15, 0.2) is 0 Å². The van der Waals surface area contributed by atoms with Crippen LogP contribution in [0.3, 0.4) is 0 Å². The fourth-order valence-corrected chi connectivity index (χ4v) is 5.15. The molecule has 2 heterocycles. The van der Waals surface area contributed by atoms with Gasteiger partial charge in [0.05, 0.1) is 11.4 Å². The van der Waals surface area contributed by atoms with E-state index in [1.165, 1.54) is 16.4 Å². The second-order valence-corrected chi connectivity index (χ2v) is 9.11. The van der Waals surface area contributed by atoms with Crippen LogP contribution >= 0.6 is 0 Å². The molecule has 0 saturated heterocycles. The molecule has 1 atom stereocenters. The van der Waals surface area contributed by atoms with Gasteiger partial charge in [0.1, 0.15) is 23.4 Å². The third-order valence-corrected chi connectivity index (χ3v) is 7.03. The number of aryl methyl sites for hydroxylation is 1. The molecule has 8 heteroatoms. The minimum atomic E-state index is -4.01. The van der Waals surface area contributed by atoms with Crippen molar-refractivity contribution >= 4 is 15.9 Å². The highest BCUT2D eigenvalue weighted by molar-refractivity contribution is 7.89. The van der Waals surface area contributed by atoms with Crippen LogP contribution in [0.1, 0.15) is 22.6 Å². The van der Waals surface area contributed by atoms with Crippen LogP contribution in [0, 0.1) is 12.7 Å². The van der Waals surface area contributed by atoms with Crippen molar-refractivity contribution in [2.75, 3.05) is 0 Å². The van der Waals surface area contributed by atoms with Gasteiger partial charge < -0.3 is 9.73 Å². The smallest absolute Gasteiger partial charge is 0.244 e. The van der Waals surface area contributed by atoms with E-state index in [-0.39, 0.29) is 24.4 Å². The second kappa shape index (κ2) is 8.04. The summed E-state index contributed by atoms with van der Waals surface area (Å²) in [5, 5.41) is 2.78. The van der Waals surface area contributed by atoms with E-state index in [1.54, 1.807) is 19.1 Å². The van der Waals surface area contributed by atoms with Gasteiger partial charge in [0, 0.05) is 6.54 Å². The van der Waals surface area contributed by atoms with Crippen LogP contribution in [0.15, 0.2) is 70.0 Å². The van der Waals surface area contributed by atoms with Crippen LogP contribution in [0.5, 0.6) is 0 Å². The molecule has 1 unspecified atom stereocenters. The Labute approximate surface area is 174 Å². The Kier molecular flexibility index (Phi) is 5.44. The Morgan fingerprint density at radius 1 is 1.10 bits per heavy atom. The fourth-order valence-electron chi connectivity index (χ4n) is 3.59. The lowest BCUT2D eigenvalue weighted by molar-refractivity contribution is -0.125. The lowest BCUT2D eigenvalue weighted by Crippen LogP contribution is -2.52. The molecule has 1 N–H and O–H groups in total. The van der Waals surface area contributed by atoms with Gasteiger partial charge in [-0.25, -0.2) is 12.8 Å². The minimum Gasteiger partial charge on any atom is -0.465 e. The zero-order valence-electron chi connectivity index (χ0n) is 16.3. The van der Waals surface area contributed by atoms with E-state index in [2.05, 4.69) is 5.32 Å². The zero-order chi connectivity index (χ0) is 21.3. The predicted octanol–water partition coefficient (Wildman–Crippen LogP) is 3.16. The van der Waals surface area contributed by atoms with Crippen LogP contribution in [-0.4, -0.2) is 24.7 Å². The normalized spacial score (nSPS) is 16.8. The molecule has 4 rings (SSSR count). The van der Waals surface area contributed by atoms with Gasteiger partial charge in [-0.05, 0) is 60.9 Å². The van der Waals surface area contributed by atoms with Gasteiger partial charge in [0.25, 0.3) is 0 Å². The van der Waals surface area contributed by atoms with E-state index in [4.69, 9.17) is 4.42 Å². The van der Waals surface area contributed by atoms with Gasteiger partial charge >= 0.3 is 0 Å². The summed E-state index contributed by atoms with van der Waals surface area (Å²) < 4.78 is 46.6. The number of hydrogen-bond donors (Lipinski definition) is 1. The van der Waals surface area contributed by atoms with Crippen LogP contribution in [0.2, 0.25) is 0 Å².